The number of carbonyl (C=O) groups is 3. The zero-order valence-electron chi connectivity index (χ0n) is 21.1. The molecule has 7 N–H and O–H groups in total. The molecule has 1 aromatic rings. The molecule has 0 bridgehead atoms. The van der Waals surface area contributed by atoms with Gasteiger partial charge in [-0.1, -0.05) is 13.8 Å². The van der Waals surface area contributed by atoms with Gasteiger partial charge in [0.2, 0.25) is 0 Å². The minimum Gasteiger partial charge on any atom is -0.480 e. The molecular formula is C22H39N7O5. The standard InChI is InChI=1S/C22H39N7O5/c1-12(2)11-15(28-21(33)34-22(4,5)6)17-26-13(3)16(29(17)7)18(30)27-14(19(31)32)9-8-10-25-20(23)24/h12,14-15H,8-11H2,1-7H3,(H,27,30)(H,28,33)(H,31,32)(H4,23,24,25)/t14-,15-/m0/s1. The number of aromatic nitrogens is 2. The van der Waals surface area contributed by atoms with Crippen molar-refractivity contribution in [3.8, 4) is 0 Å². The zero-order chi connectivity index (χ0) is 26.2. The number of aryl methyl sites for hydroxylation is 1. The van der Waals surface area contributed by atoms with Gasteiger partial charge in [0.05, 0.1) is 11.7 Å². The number of ether oxygens (including phenoxy) is 1. The number of nitrogens with one attached hydrogen (secondary N) is 2. The van der Waals surface area contributed by atoms with Crippen molar-refractivity contribution in [1.82, 2.24) is 20.2 Å². The highest BCUT2D eigenvalue weighted by atomic mass is 16.6. The number of hydrogen-bond donors (Lipinski definition) is 5. The maximum Gasteiger partial charge on any atom is 0.408 e. The molecule has 0 aliphatic rings. The van der Waals surface area contributed by atoms with Crippen LogP contribution in [-0.2, 0) is 16.6 Å². The Balaban J connectivity index is 3.10. The molecule has 0 aliphatic heterocycles. The molecule has 0 fully saturated rings. The number of carboxylic acid groups (broad SMARTS) is 1. The molecule has 2 amide bonds. The van der Waals surface area contributed by atoms with E-state index in [0.717, 1.165) is 0 Å². The van der Waals surface area contributed by atoms with E-state index in [1.165, 1.54) is 0 Å². The zero-order valence-corrected chi connectivity index (χ0v) is 21.1. The lowest BCUT2D eigenvalue weighted by Gasteiger charge is -2.24. The Morgan fingerprint density at radius 2 is 1.82 bits per heavy atom. The highest BCUT2D eigenvalue weighted by Gasteiger charge is 2.29. The summed E-state index contributed by atoms with van der Waals surface area (Å²) in [6.07, 6.45) is 0.503. The molecule has 34 heavy (non-hydrogen) atoms. The van der Waals surface area contributed by atoms with Crippen molar-refractivity contribution in [3.05, 3.63) is 17.2 Å². The van der Waals surface area contributed by atoms with E-state index in [1.54, 1.807) is 39.3 Å². The van der Waals surface area contributed by atoms with Crippen molar-refractivity contribution in [2.24, 2.45) is 29.4 Å². The van der Waals surface area contributed by atoms with E-state index in [4.69, 9.17) is 16.2 Å². The van der Waals surface area contributed by atoms with Gasteiger partial charge in [-0.05, 0) is 52.9 Å². The second-order valence-corrected chi connectivity index (χ2v) is 9.60. The molecule has 1 heterocycles. The number of carboxylic acids is 1. The fourth-order valence-electron chi connectivity index (χ4n) is 3.42. The molecule has 0 aliphatic carbocycles. The Hall–Kier alpha value is -3.31. The van der Waals surface area contributed by atoms with E-state index in [0.29, 0.717) is 24.4 Å². The number of guanidine groups is 1. The van der Waals surface area contributed by atoms with E-state index in [-0.39, 0.29) is 30.5 Å². The summed E-state index contributed by atoms with van der Waals surface area (Å²) in [5, 5.41) is 14.9. The molecule has 0 saturated heterocycles. The molecule has 1 rings (SSSR count). The van der Waals surface area contributed by atoms with Crippen LogP contribution in [0.2, 0.25) is 0 Å². The average molecular weight is 482 g/mol. The number of imidazole rings is 1. The molecule has 12 heteroatoms. The molecule has 12 nitrogen and oxygen atoms in total. The third-order valence-corrected chi connectivity index (χ3v) is 4.78. The van der Waals surface area contributed by atoms with Gasteiger partial charge >= 0.3 is 12.1 Å². The maximum absolute atomic E-state index is 13.0. The summed E-state index contributed by atoms with van der Waals surface area (Å²) in [7, 11) is 1.66. The predicted octanol–water partition coefficient (Wildman–Crippen LogP) is 1.58. The third kappa shape index (κ3) is 9.28. The fourth-order valence-corrected chi connectivity index (χ4v) is 3.42. The minimum atomic E-state index is -1.16. The fraction of sp³-hybridized carbons (Fsp3) is 0.682. The first kappa shape index (κ1) is 28.7. The smallest absolute Gasteiger partial charge is 0.408 e. The van der Waals surface area contributed by atoms with Crippen LogP contribution in [0.4, 0.5) is 4.79 Å². The summed E-state index contributed by atoms with van der Waals surface area (Å²) in [6.45, 7) is 11.2. The molecular weight excluding hydrogens is 442 g/mol. The molecule has 1 aromatic heterocycles. The topological polar surface area (TPSA) is 187 Å². The van der Waals surface area contributed by atoms with Gasteiger partial charge in [0.1, 0.15) is 23.2 Å². The number of nitrogens with two attached hydrogens (primary N) is 2. The van der Waals surface area contributed by atoms with Crippen LogP contribution >= 0.6 is 0 Å². The number of aliphatic carboxylic acids is 1. The Kier molecular flexibility index (Phi) is 10.3. The van der Waals surface area contributed by atoms with Gasteiger partial charge in [-0.15, -0.1) is 0 Å². The lowest BCUT2D eigenvalue weighted by Crippen LogP contribution is -2.42. The average Bonchev–Trinajstić information content (AvgIpc) is 2.95. The lowest BCUT2D eigenvalue weighted by atomic mass is 10.0. The van der Waals surface area contributed by atoms with E-state index < -0.39 is 35.7 Å². The summed E-state index contributed by atoms with van der Waals surface area (Å²) in [6, 6.07) is -1.62. The molecule has 0 spiro atoms. The molecule has 2 atom stereocenters. The highest BCUT2D eigenvalue weighted by molar-refractivity contribution is 5.96. The first-order valence-electron chi connectivity index (χ1n) is 11.2. The van der Waals surface area contributed by atoms with Gasteiger partial charge in [-0.3, -0.25) is 9.79 Å². The van der Waals surface area contributed by atoms with E-state index in [1.807, 2.05) is 13.8 Å². The number of aliphatic imine (C=N–C) groups is 1. The molecule has 0 unspecified atom stereocenters. The summed E-state index contributed by atoms with van der Waals surface area (Å²) >= 11 is 0. The van der Waals surface area contributed by atoms with Crippen LogP contribution in [0.15, 0.2) is 4.99 Å². The van der Waals surface area contributed by atoms with Crippen LogP contribution in [0, 0.1) is 12.8 Å². The number of rotatable bonds is 11. The molecule has 0 aromatic carbocycles. The van der Waals surface area contributed by atoms with Crippen LogP contribution in [0.3, 0.4) is 0 Å². The van der Waals surface area contributed by atoms with Gasteiger partial charge in [-0.2, -0.15) is 0 Å². The van der Waals surface area contributed by atoms with Gasteiger partial charge in [0.25, 0.3) is 5.91 Å². The molecule has 0 saturated carbocycles. The highest BCUT2D eigenvalue weighted by Crippen LogP contribution is 2.24. The largest absolute Gasteiger partial charge is 0.480 e. The number of hydrogen-bond acceptors (Lipinski definition) is 6. The van der Waals surface area contributed by atoms with E-state index in [2.05, 4.69) is 20.6 Å². The first-order chi connectivity index (χ1) is 15.6. The summed E-state index contributed by atoms with van der Waals surface area (Å²) in [5.41, 5.74) is 10.5. The summed E-state index contributed by atoms with van der Waals surface area (Å²) < 4.78 is 6.96. The van der Waals surface area contributed by atoms with Gasteiger partial charge in [-0.25, -0.2) is 14.6 Å². The van der Waals surface area contributed by atoms with Gasteiger partial charge in [0, 0.05) is 13.6 Å². The van der Waals surface area contributed by atoms with Crippen molar-refractivity contribution < 1.29 is 24.2 Å². The van der Waals surface area contributed by atoms with E-state index >= 15 is 0 Å². The van der Waals surface area contributed by atoms with Crippen LogP contribution in [0.1, 0.15) is 81.9 Å². The Morgan fingerprint density at radius 3 is 2.32 bits per heavy atom. The van der Waals surface area contributed by atoms with Gasteiger partial charge < -0.3 is 36.5 Å². The van der Waals surface area contributed by atoms with E-state index in [9.17, 15) is 19.5 Å². The van der Waals surface area contributed by atoms with Crippen LogP contribution in [-0.4, -0.2) is 56.8 Å². The first-order valence-corrected chi connectivity index (χ1v) is 11.2. The second kappa shape index (κ2) is 12.2. The second-order valence-electron chi connectivity index (χ2n) is 9.60. The SMILES string of the molecule is Cc1nc([C@H](CC(C)C)NC(=O)OC(C)(C)C)n(C)c1C(=O)N[C@@H](CCCN=C(N)N)C(=O)O. The van der Waals surface area contributed by atoms with Gasteiger partial charge in [0.15, 0.2) is 5.96 Å². The Morgan fingerprint density at radius 1 is 1.21 bits per heavy atom. The minimum absolute atomic E-state index is 0.0788. The molecule has 192 valence electrons. The van der Waals surface area contributed by atoms with Crippen molar-refractivity contribution in [2.75, 3.05) is 6.54 Å². The Bertz CT molecular complexity index is 898. The van der Waals surface area contributed by atoms with Crippen LogP contribution < -0.4 is 22.1 Å². The van der Waals surface area contributed by atoms with Crippen molar-refractivity contribution in [3.63, 3.8) is 0 Å². The van der Waals surface area contributed by atoms with Crippen LogP contribution in [0.5, 0.6) is 0 Å². The lowest BCUT2D eigenvalue weighted by molar-refractivity contribution is -0.139. The van der Waals surface area contributed by atoms with Crippen molar-refractivity contribution >= 4 is 23.9 Å². The maximum atomic E-state index is 13.0. The van der Waals surface area contributed by atoms with Crippen molar-refractivity contribution in [2.45, 2.75) is 78.5 Å². The number of carbonyl (C=O) groups excluding carboxylic acids is 2. The number of alkyl carbamates (subject to hydrolysis) is 1. The molecule has 0 radical (unpaired) electrons. The monoisotopic (exact) mass is 481 g/mol. The quantitative estimate of drug-likeness (QED) is 0.179. The van der Waals surface area contributed by atoms with Crippen molar-refractivity contribution in [1.29, 1.82) is 0 Å². The summed E-state index contributed by atoms with van der Waals surface area (Å²) in [4.78, 5) is 45.4. The number of nitrogens with zero attached hydrogens (tertiary/aromatic N) is 3. The number of amides is 2. The Labute approximate surface area is 200 Å². The van der Waals surface area contributed by atoms with Crippen LogP contribution in [0.25, 0.3) is 0 Å². The normalized spacial score (nSPS) is 13.2. The third-order valence-electron chi connectivity index (χ3n) is 4.78. The summed E-state index contributed by atoms with van der Waals surface area (Å²) in [5.74, 6) is -1.13. The predicted molar refractivity (Wildman–Crippen MR) is 128 cm³/mol.